The monoisotopic (exact) mass is 258 g/mol. The van der Waals surface area contributed by atoms with Crippen molar-refractivity contribution < 1.29 is 4.79 Å². The van der Waals surface area contributed by atoms with Crippen molar-refractivity contribution in [2.24, 2.45) is 0 Å². The van der Waals surface area contributed by atoms with Crippen LogP contribution in [0.2, 0.25) is 0 Å². The molecule has 0 saturated carbocycles. The van der Waals surface area contributed by atoms with Gasteiger partial charge in [0.1, 0.15) is 0 Å². The lowest BCUT2D eigenvalue weighted by Gasteiger charge is -2.19. The average Bonchev–Trinajstić information content (AvgIpc) is 2.83. The highest BCUT2D eigenvalue weighted by atomic mass is 16.1. The lowest BCUT2D eigenvalue weighted by atomic mass is 10.1. The van der Waals surface area contributed by atoms with Crippen LogP contribution < -0.4 is 0 Å². The van der Waals surface area contributed by atoms with Crippen molar-refractivity contribution in [1.29, 1.82) is 0 Å². The highest BCUT2D eigenvalue weighted by Crippen LogP contribution is 2.18. The van der Waals surface area contributed by atoms with Crippen LogP contribution in [0.4, 0.5) is 0 Å². The summed E-state index contributed by atoms with van der Waals surface area (Å²) in [7, 11) is 0. The molecule has 0 bridgehead atoms. The van der Waals surface area contributed by atoms with E-state index in [4.69, 9.17) is 0 Å². The molecule has 2 aromatic rings. The lowest BCUT2D eigenvalue weighted by Crippen LogP contribution is -2.31. The van der Waals surface area contributed by atoms with E-state index >= 15 is 0 Å². The molecule has 0 saturated heterocycles. The highest BCUT2D eigenvalue weighted by Gasteiger charge is 2.14. The van der Waals surface area contributed by atoms with Gasteiger partial charge in [-0.1, -0.05) is 32.0 Å². The van der Waals surface area contributed by atoms with Gasteiger partial charge in [-0.15, -0.1) is 0 Å². The number of rotatable bonds is 7. The zero-order chi connectivity index (χ0) is 13.7. The van der Waals surface area contributed by atoms with E-state index < -0.39 is 0 Å². The molecule has 102 valence electrons. The van der Waals surface area contributed by atoms with Gasteiger partial charge in [-0.3, -0.25) is 9.69 Å². The number of nitrogens with one attached hydrogen (secondary N) is 1. The van der Waals surface area contributed by atoms with Gasteiger partial charge in [-0.2, -0.15) is 0 Å². The molecule has 0 aliphatic heterocycles. The average molecular weight is 258 g/mol. The van der Waals surface area contributed by atoms with Gasteiger partial charge in [0, 0.05) is 22.7 Å². The number of para-hydroxylation sites is 1. The van der Waals surface area contributed by atoms with Crippen LogP contribution in [0.5, 0.6) is 0 Å². The van der Waals surface area contributed by atoms with E-state index in [0.29, 0.717) is 6.54 Å². The second kappa shape index (κ2) is 6.53. The third kappa shape index (κ3) is 3.24. The number of aromatic amines is 1. The molecule has 3 heteroatoms. The fourth-order valence-corrected chi connectivity index (χ4v) is 2.49. The van der Waals surface area contributed by atoms with Crippen LogP contribution in [0.3, 0.4) is 0 Å². The van der Waals surface area contributed by atoms with Gasteiger partial charge >= 0.3 is 0 Å². The Morgan fingerprint density at radius 1 is 1.16 bits per heavy atom. The summed E-state index contributed by atoms with van der Waals surface area (Å²) in [4.78, 5) is 17.8. The van der Waals surface area contributed by atoms with Gasteiger partial charge in [-0.25, -0.2) is 0 Å². The largest absolute Gasteiger partial charge is 0.360 e. The van der Waals surface area contributed by atoms with Crippen molar-refractivity contribution in [2.75, 3.05) is 19.6 Å². The Bertz CT molecular complexity index is 538. The van der Waals surface area contributed by atoms with E-state index in [9.17, 15) is 4.79 Å². The minimum atomic E-state index is 0.208. The van der Waals surface area contributed by atoms with Crippen molar-refractivity contribution in [3.05, 3.63) is 36.0 Å². The first kappa shape index (κ1) is 13.8. The summed E-state index contributed by atoms with van der Waals surface area (Å²) in [5.74, 6) is 0.208. The second-order valence-electron chi connectivity index (χ2n) is 4.95. The molecule has 1 heterocycles. The Kier molecular flexibility index (Phi) is 4.74. The van der Waals surface area contributed by atoms with E-state index in [1.165, 1.54) is 0 Å². The van der Waals surface area contributed by atoms with E-state index in [0.717, 1.165) is 42.4 Å². The first-order valence-electron chi connectivity index (χ1n) is 7.08. The number of carbonyl (C=O) groups excluding carboxylic acids is 1. The summed E-state index contributed by atoms with van der Waals surface area (Å²) in [6, 6.07) is 7.96. The maximum atomic E-state index is 12.4. The maximum absolute atomic E-state index is 12.4. The predicted octanol–water partition coefficient (Wildman–Crippen LogP) is 3.47. The summed E-state index contributed by atoms with van der Waals surface area (Å²) in [5.41, 5.74) is 1.84. The molecule has 0 aliphatic rings. The quantitative estimate of drug-likeness (QED) is 0.772. The maximum Gasteiger partial charge on any atom is 0.178 e. The first-order valence-corrected chi connectivity index (χ1v) is 7.08. The number of hydrogen-bond acceptors (Lipinski definition) is 2. The van der Waals surface area contributed by atoms with Crippen LogP contribution in [0.1, 0.15) is 37.0 Å². The Morgan fingerprint density at radius 3 is 2.53 bits per heavy atom. The van der Waals surface area contributed by atoms with Gasteiger partial charge in [0.25, 0.3) is 0 Å². The molecule has 1 N–H and O–H groups in total. The van der Waals surface area contributed by atoms with Crippen LogP contribution in [0, 0.1) is 0 Å². The fraction of sp³-hybridized carbons (Fsp3) is 0.438. The second-order valence-corrected chi connectivity index (χ2v) is 4.95. The van der Waals surface area contributed by atoms with E-state index in [1.807, 2.05) is 30.5 Å². The van der Waals surface area contributed by atoms with Crippen molar-refractivity contribution in [3.8, 4) is 0 Å². The summed E-state index contributed by atoms with van der Waals surface area (Å²) in [6.07, 6.45) is 4.01. The van der Waals surface area contributed by atoms with E-state index in [-0.39, 0.29) is 5.78 Å². The van der Waals surface area contributed by atoms with Gasteiger partial charge in [0.05, 0.1) is 6.54 Å². The number of nitrogens with zero attached hydrogens (tertiary/aromatic N) is 1. The molecule has 0 atom stereocenters. The molecule has 0 amide bonds. The Labute approximate surface area is 114 Å². The Balaban J connectivity index is 2.14. The van der Waals surface area contributed by atoms with Crippen molar-refractivity contribution in [2.45, 2.75) is 26.7 Å². The first-order chi connectivity index (χ1) is 9.26. The van der Waals surface area contributed by atoms with Crippen molar-refractivity contribution >= 4 is 16.7 Å². The molecule has 0 fully saturated rings. The number of benzene rings is 1. The van der Waals surface area contributed by atoms with E-state index in [1.54, 1.807) is 0 Å². The minimum absolute atomic E-state index is 0.208. The zero-order valence-electron chi connectivity index (χ0n) is 11.8. The van der Waals surface area contributed by atoms with Gasteiger partial charge in [0.2, 0.25) is 0 Å². The number of hydrogen-bond donors (Lipinski definition) is 1. The smallest absolute Gasteiger partial charge is 0.178 e. The third-order valence-corrected chi connectivity index (χ3v) is 3.34. The minimum Gasteiger partial charge on any atom is -0.360 e. The number of fused-ring (bicyclic) bond motifs is 1. The van der Waals surface area contributed by atoms with Gasteiger partial charge < -0.3 is 4.98 Å². The van der Waals surface area contributed by atoms with Crippen LogP contribution in [0.25, 0.3) is 10.9 Å². The molecule has 2 rings (SSSR count). The molecule has 0 spiro atoms. The topological polar surface area (TPSA) is 36.1 Å². The lowest BCUT2D eigenvalue weighted by molar-refractivity contribution is 0.0932. The fourth-order valence-electron chi connectivity index (χ4n) is 2.49. The summed E-state index contributed by atoms with van der Waals surface area (Å²) in [5, 5.41) is 1.03. The molecule has 19 heavy (non-hydrogen) atoms. The Hall–Kier alpha value is -1.61. The summed E-state index contributed by atoms with van der Waals surface area (Å²) < 4.78 is 0. The third-order valence-electron chi connectivity index (χ3n) is 3.34. The number of carbonyl (C=O) groups is 1. The SMILES string of the molecule is CCCN(CCC)CC(=O)c1c[nH]c2ccccc12. The molecule has 1 aromatic carbocycles. The predicted molar refractivity (Wildman–Crippen MR) is 79.7 cm³/mol. The van der Waals surface area contributed by atoms with Crippen LogP contribution in [-0.4, -0.2) is 35.3 Å². The number of ketones is 1. The highest BCUT2D eigenvalue weighted by molar-refractivity contribution is 6.08. The molecule has 3 nitrogen and oxygen atoms in total. The van der Waals surface area contributed by atoms with Crippen LogP contribution in [-0.2, 0) is 0 Å². The standard InChI is InChI=1S/C16H22N2O/c1-3-9-18(10-4-2)12-16(19)14-11-17-15-8-6-5-7-13(14)15/h5-8,11,17H,3-4,9-10,12H2,1-2H3. The normalized spacial score (nSPS) is 11.3. The van der Waals surface area contributed by atoms with Crippen molar-refractivity contribution in [1.82, 2.24) is 9.88 Å². The summed E-state index contributed by atoms with van der Waals surface area (Å²) in [6.45, 7) is 6.80. The summed E-state index contributed by atoms with van der Waals surface area (Å²) >= 11 is 0. The van der Waals surface area contributed by atoms with Crippen LogP contribution in [0.15, 0.2) is 30.5 Å². The van der Waals surface area contributed by atoms with Crippen LogP contribution >= 0.6 is 0 Å². The number of aromatic nitrogens is 1. The molecule has 0 aliphatic carbocycles. The van der Waals surface area contributed by atoms with Gasteiger partial charge in [-0.05, 0) is 32.0 Å². The molecular formula is C16H22N2O. The molecule has 0 unspecified atom stereocenters. The van der Waals surface area contributed by atoms with Gasteiger partial charge in [0.15, 0.2) is 5.78 Å². The Morgan fingerprint density at radius 2 is 1.84 bits per heavy atom. The zero-order valence-corrected chi connectivity index (χ0v) is 11.8. The van der Waals surface area contributed by atoms with Crippen molar-refractivity contribution in [3.63, 3.8) is 0 Å². The molecule has 1 aromatic heterocycles. The number of Topliss-reactive ketones (excluding diaryl/α,β-unsaturated/α-hetero) is 1. The number of H-pyrrole nitrogens is 1. The molecular weight excluding hydrogens is 236 g/mol. The molecule has 0 radical (unpaired) electrons. The van der Waals surface area contributed by atoms with E-state index in [2.05, 4.69) is 23.7 Å².